The van der Waals surface area contributed by atoms with E-state index in [2.05, 4.69) is 24.3 Å². The smallest absolute Gasteiger partial charge is 0.329 e. The van der Waals surface area contributed by atoms with Crippen LogP contribution in [0.2, 0.25) is 0 Å². The molecular formula is C17H25N4O3+. The van der Waals surface area contributed by atoms with E-state index in [1.807, 2.05) is 0 Å². The van der Waals surface area contributed by atoms with Crippen molar-refractivity contribution in [2.24, 2.45) is 0 Å². The minimum Gasteiger partial charge on any atom is -0.349 e. The van der Waals surface area contributed by atoms with Crippen LogP contribution in [0.5, 0.6) is 0 Å². The maximum absolute atomic E-state index is 12.3. The summed E-state index contributed by atoms with van der Waals surface area (Å²) >= 11 is 0. The predicted octanol–water partition coefficient (Wildman–Crippen LogP) is -0.879. The molecule has 0 saturated carbocycles. The summed E-state index contributed by atoms with van der Waals surface area (Å²) in [6.07, 6.45) is 2.30. The predicted molar refractivity (Wildman–Crippen MR) is 93.4 cm³/mol. The van der Waals surface area contributed by atoms with Gasteiger partial charge in [-0.15, -0.1) is 0 Å². The Labute approximate surface area is 140 Å². The Bertz CT molecular complexity index is 809. The first-order valence-electron chi connectivity index (χ1n) is 8.32. The van der Waals surface area contributed by atoms with Crippen LogP contribution < -0.4 is 21.5 Å². The van der Waals surface area contributed by atoms with E-state index in [-0.39, 0.29) is 12.5 Å². The molecule has 1 unspecified atom stereocenters. The molecule has 24 heavy (non-hydrogen) atoms. The second kappa shape index (κ2) is 8.44. The molecule has 0 spiro atoms. The van der Waals surface area contributed by atoms with Crippen LogP contribution in [-0.2, 0) is 11.3 Å². The van der Waals surface area contributed by atoms with Gasteiger partial charge in [-0.2, -0.15) is 0 Å². The van der Waals surface area contributed by atoms with Gasteiger partial charge in [0.1, 0.15) is 6.54 Å². The lowest BCUT2D eigenvalue weighted by Crippen LogP contribution is -3.09. The van der Waals surface area contributed by atoms with Gasteiger partial charge < -0.3 is 15.2 Å². The van der Waals surface area contributed by atoms with Gasteiger partial charge in [0.15, 0.2) is 0 Å². The molecule has 0 bridgehead atoms. The van der Waals surface area contributed by atoms with Gasteiger partial charge in [0.2, 0.25) is 5.91 Å². The van der Waals surface area contributed by atoms with E-state index in [1.54, 1.807) is 24.3 Å². The number of likely N-dealkylation sites (N-methyl/N-ethyl adjacent to an activating group) is 1. The zero-order valence-electron chi connectivity index (χ0n) is 14.2. The summed E-state index contributed by atoms with van der Waals surface area (Å²) in [5, 5.41) is 3.17. The van der Waals surface area contributed by atoms with Crippen LogP contribution in [0.25, 0.3) is 10.9 Å². The third-order valence-corrected chi connectivity index (χ3v) is 4.02. The summed E-state index contributed by atoms with van der Waals surface area (Å²) in [5.74, 6) is -0.332. The molecule has 3 N–H and O–H groups in total. The number of carbonyl (C=O) groups is 1. The van der Waals surface area contributed by atoms with E-state index in [0.29, 0.717) is 17.4 Å². The highest BCUT2D eigenvalue weighted by molar-refractivity contribution is 5.78. The van der Waals surface area contributed by atoms with Crippen LogP contribution in [0.15, 0.2) is 33.9 Å². The van der Waals surface area contributed by atoms with Crippen molar-refractivity contribution < 1.29 is 9.69 Å². The van der Waals surface area contributed by atoms with E-state index in [1.165, 1.54) is 4.90 Å². The number of rotatable bonds is 8. The van der Waals surface area contributed by atoms with Gasteiger partial charge in [-0.05, 0) is 18.6 Å². The van der Waals surface area contributed by atoms with Crippen molar-refractivity contribution in [3.05, 3.63) is 45.1 Å². The fourth-order valence-electron chi connectivity index (χ4n) is 2.56. The Hall–Kier alpha value is -2.41. The van der Waals surface area contributed by atoms with Crippen molar-refractivity contribution in [2.75, 3.05) is 26.7 Å². The molecule has 1 aromatic heterocycles. The quantitative estimate of drug-likeness (QED) is 0.586. The first-order chi connectivity index (χ1) is 11.5. The summed E-state index contributed by atoms with van der Waals surface area (Å²) in [7, 11) is 2.08. The third kappa shape index (κ3) is 4.55. The van der Waals surface area contributed by atoms with Gasteiger partial charge in [-0.1, -0.05) is 25.5 Å². The van der Waals surface area contributed by atoms with Crippen LogP contribution in [0.3, 0.4) is 0 Å². The zero-order chi connectivity index (χ0) is 17.5. The second-order valence-electron chi connectivity index (χ2n) is 6.03. The lowest BCUT2D eigenvalue weighted by molar-refractivity contribution is -0.878. The fourth-order valence-corrected chi connectivity index (χ4v) is 2.56. The van der Waals surface area contributed by atoms with Crippen molar-refractivity contribution in [1.29, 1.82) is 0 Å². The van der Waals surface area contributed by atoms with Crippen molar-refractivity contribution in [2.45, 2.75) is 26.3 Å². The molecule has 1 heterocycles. The molecule has 0 aliphatic heterocycles. The molecule has 0 aliphatic rings. The highest BCUT2D eigenvalue weighted by Crippen LogP contribution is 2.02. The number of H-pyrrole nitrogens is 1. The first kappa shape index (κ1) is 17.9. The van der Waals surface area contributed by atoms with Gasteiger partial charge in [-0.25, -0.2) is 4.79 Å². The highest BCUT2D eigenvalue weighted by Gasteiger charge is 2.11. The van der Waals surface area contributed by atoms with E-state index in [4.69, 9.17) is 0 Å². The van der Waals surface area contributed by atoms with Crippen molar-refractivity contribution in [3.8, 4) is 0 Å². The van der Waals surface area contributed by atoms with E-state index in [0.717, 1.165) is 30.5 Å². The Morgan fingerprint density at radius 2 is 2.00 bits per heavy atom. The summed E-state index contributed by atoms with van der Waals surface area (Å²) < 4.78 is 0.936. The van der Waals surface area contributed by atoms with Crippen LogP contribution >= 0.6 is 0 Å². The summed E-state index contributed by atoms with van der Waals surface area (Å²) in [6, 6.07) is 6.76. The molecule has 0 fully saturated rings. The number of hydrogen-bond donors (Lipinski definition) is 3. The van der Waals surface area contributed by atoms with Crippen molar-refractivity contribution in [1.82, 2.24) is 14.9 Å². The molecule has 130 valence electrons. The maximum atomic E-state index is 12.3. The largest absolute Gasteiger partial charge is 0.349 e. The molecule has 2 rings (SSSR count). The van der Waals surface area contributed by atoms with E-state index >= 15 is 0 Å². The number of aromatic amines is 1. The topological polar surface area (TPSA) is 88.4 Å². The maximum Gasteiger partial charge on any atom is 0.329 e. The number of para-hydroxylation sites is 1. The monoisotopic (exact) mass is 333 g/mol. The van der Waals surface area contributed by atoms with Crippen LogP contribution in [0.4, 0.5) is 0 Å². The van der Waals surface area contributed by atoms with E-state index in [9.17, 15) is 14.4 Å². The van der Waals surface area contributed by atoms with Crippen LogP contribution in [0.1, 0.15) is 19.8 Å². The lowest BCUT2D eigenvalue weighted by Gasteiger charge is -2.14. The van der Waals surface area contributed by atoms with Crippen LogP contribution in [-0.4, -0.2) is 42.1 Å². The van der Waals surface area contributed by atoms with Gasteiger partial charge >= 0.3 is 5.69 Å². The van der Waals surface area contributed by atoms with Gasteiger partial charge in [0.25, 0.3) is 5.56 Å². The van der Waals surface area contributed by atoms with Crippen molar-refractivity contribution in [3.63, 3.8) is 0 Å². The number of nitrogens with one attached hydrogen (secondary N) is 3. The zero-order valence-corrected chi connectivity index (χ0v) is 14.2. The molecule has 0 radical (unpaired) electrons. The Morgan fingerprint density at radius 1 is 1.25 bits per heavy atom. The fraction of sp³-hybridized carbons (Fsp3) is 0.471. The minimum absolute atomic E-state index is 0.271. The number of aromatic nitrogens is 2. The number of fused-ring (bicyclic) bond motifs is 1. The average molecular weight is 333 g/mol. The number of nitrogens with zero attached hydrogens (tertiary/aromatic N) is 1. The lowest BCUT2D eigenvalue weighted by atomic mass is 10.2. The molecule has 2 aromatic rings. The third-order valence-electron chi connectivity index (χ3n) is 4.02. The number of carbonyl (C=O) groups excluding carboxylic acids is 1. The van der Waals surface area contributed by atoms with Crippen LogP contribution in [0, 0.1) is 0 Å². The molecular weight excluding hydrogens is 308 g/mol. The summed E-state index contributed by atoms with van der Waals surface area (Å²) in [6.45, 7) is 4.28. The number of quaternary nitrogens is 1. The van der Waals surface area contributed by atoms with Gasteiger partial charge in [0, 0.05) is 0 Å². The summed E-state index contributed by atoms with van der Waals surface area (Å²) in [5.41, 5.74) is -0.542. The minimum atomic E-state index is -0.570. The molecule has 1 atom stereocenters. The SMILES string of the molecule is CCCC[NH+](C)CCNC(=O)Cn1c(=O)[nH]c2ccccc2c1=O. The molecule has 0 aliphatic carbocycles. The number of unbranched alkanes of at least 4 members (excludes halogenated alkanes) is 1. The van der Waals surface area contributed by atoms with Gasteiger partial charge in [-0.3, -0.25) is 14.2 Å². The molecule has 7 nitrogen and oxygen atoms in total. The Morgan fingerprint density at radius 3 is 2.75 bits per heavy atom. The molecule has 0 saturated heterocycles. The molecule has 7 heteroatoms. The second-order valence-corrected chi connectivity index (χ2v) is 6.03. The highest BCUT2D eigenvalue weighted by atomic mass is 16.2. The Kier molecular flexibility index (Phi) is 6.31. The van der Waals surface area contributed by atoms with E-state index < -0.39 is 11.2 Å². The summed E-state index contributed by atoms with van der Waals surface area (Å²) in [4.78, 5) is 40.3. The standard InChI is InChI=1S/C17H24N4O3/c1-3-4-10-20(2)11-9-18-15(22)12-21-16(23)13-7-5-6-8-14(13)19-17(21)24/h5-8H,3-4,9-12H2,1-2H3,(H,18,22)(H,19,24)/p+1. The number of amides is 1. The average Bonchev–Trinajstić information content (AvgIpc) is 2.56. The van der Waals surface area contributed by atoms with Gasteiger partial charge in [0.05, 0.1) is 37.6 Å². The molecule has 1 amide bonds. The normalized spacial score (nSPS) is 12.2. The Balaban J connectivity index is 1.98. The number of benzene rings is 1. The van der Waals surface area contributed by atoms with Crippen molar-refractivity contribution >= 4 is 16.8 Å². The molecule has 1 aromatic carbocycles. The first-order valence-corrected chi connectivity index (χ1v) is 8.32. The number of hydrogen-bond acceptors (Lipinski definition) is 3.